The molecule has 118 valence electrons. The summed E-state index contributed by atoms with van der Waals surface area (Å²) in [5.41, 5.74) is 2.51. The van der Waals surface area contributed by atoms with E-state index in [0.717, 1.165) is 32.1 Å². The van der Waals surface area contributed by atoms with E-state index in [1.165, 1.54) is 0 Å². The number of aromatic amines is 1. The first-order valence-corrected chi connectivity index (χ1v) is 8.40. The average Bonchev–Trinajstić information content (AvgIpc) is 3.02. The predicted octanol–water partition coefficient (Wildman–Crippen LogP) is 4.41. The number of rotatable bonds is 3. The molecule has 0 unspecified atom stereocenters. The van der Waals surface area contributed by atoms with Crippen LogP contribution in [0.3, 0.4) is 0 Å². The van der Waals surface area contributed by atoms with E-state index in [-0.39, 0.29) is 5.91 Å². The van der Waals surface area contributed by atoms with Gasteiger partial charge in [0.05, 0.1) is 17.6 Å². The summed E-state index contributed by atoms with van der Waals surface area (Å²) in [7, 11) is 0. The molecule has 1 aromatic heterocycles. The number of benzene rings is 3. The van der Waals surface area contributed by atoms with E-state index in [1.807, 2.05) is 60.7 Å². The molecule has 4 aromatic rings. The molecule has 0 bridgehead atoms. The molecule has 0 saturated carbocycles. The summed E-state index contributed by atoms with van der Waals surface area (Å²) in [6.45, 7) is 0.365. The van der Waals surface area contributed by atoms with Crippen LogP contribution in [0.2, 0.25) is 0 Å². The lowest BCUT2D eigenvalue weighted by molar-refractivity contribution is 0.0950. The standard InChI is InChI=1S/C19H14BrN3O/c20-15-5-3-4-12-10-13(8-9-14(12)15)19(24)21-11-18-22-16-6-1-2-7-17(16)23-18/h1-10H,11H2,(H,21,24)(H,22,23). The number of hydrogen-bond donors (Lipinski definition) is 2. The molecule has 0 spiro atoms. The minimum absolute atomic E-state index is 0.114. The summed E-state index contributed by atoms with van der Waals surface area (Å²) in [6, 6.07) is 19.4. The van der Waals surface area contributed by atoms with Gasteiger partial charge in [-0.1, -0.05) is 46.3 Å². The molecule has 0 saturated heterocycles. The van der Waals surface area contributed by atoms with E-state index in [0.29, 0.717) is 12.1 Å². The van der Waals surface area contributed by atoms with E-state index in [2.05, 4.69) is 31.2 Å². The Kier molecular flexibility index (Phi) is 3.78. The largest absolute Gasteiger partial charge is 0.345 e. The van der Waals surface area contributed by atoms with Gasteiger partial charge in [0.1, 0.15) is 5.82 Å². The van der Waals surface area contributed by atoms with Crippen LogP contribution in [0, 0.1) is 0 Å². The van der Waals surface area contributed by atoms with E-state index in [9.17, 15) is 4.79 Å². The third-order valence-corrected chi connectivity index (χ3v) is 4.64. The number of nitrogens with zero attached hydrogens (tertiary/aromatic N) is 1. The summed E-state index contributed by atoms with van der Waals surface area (Å²) in [4.78, 5) is 20.1. The summed E-state index contributed by atoms with van der Waals surface area (Å²) in [6.07, 6.45) is 0. The number of hydrogen-bond acceptors (Lipinski definition) is 2. The summed E-state index contributed by atoms with van der Waals surface area (Å²) >= 11 is 3.52. The van der Waals surface area contributed by atoms with Crippen molar-refractivity contribution in [3.05, 3.63) is 76.5 Å². The highest BCUT2D eigenvalue weighted by atomic mass is 79.9. The van der Waals surface area contributed by atoms with Gasteiger partial charge in [-0.2, -0.15) is 0 Å². The molecule has 0 aliphatic heterocycles. The second kappa shape index (κ2) is 6.09. The van der Waals surface area contributed by atoms with E-state index < -0.39 is 0 Å². The molecule has 0 radical (unpaired) electrons. The topological polar surface area (TPSA) is 57.8 Å². The quantitative estimate of drug-likeness (QED) is 0.553. The molecule has 3 aromatic carbocycles. The molecule has 5 heteroatoms. The normalized spacial score (nSPS) is 11.0. The number of carbonyl (C=O) groups is 1. The monoisotopic (exact) mass is 379 g/mol. The van der Waals surface area contributed by atoms with Crippen LogP contribution < -0.4 is 5.32 Å². The molecule has 4 rings (SSSR count). The second-order valence-electron chi connectivity index (χ2n) is 5.56. The fraction of sp³-hybridized carbons (Fsp3) is 0.0526. The van der Waals surface area contributed by atoms with Gasteiger partial charge < -0.3 is 10.3 Å². The zero-order valence-corrected chi connectivity index (χ0v) is 14.3. The van der Waals surface area contributed by atoms with E-state index in [4.69, 9.17) is 0 Å². The van der Waals surface area contributed by atoms with E-state index in [1.54, 1.807) is 0 Å². The minimum atomic E-state index is -0.114. The third kappa shape index (κ3) is 2.78. The molecule has 1 amide bonds. The Labute approximate surface area is 147 Å². The van der Waals surface area contributed by atoms with Crippen molar-refractivity contribution >= 4 is 43.6 Å². The van der Waals surface area contributed by atoms with Gasteiger partial charge in [0, 0.05) is 10.0 Å². The summed E-state index contributed by atoms with van der Waals surface area (Å²) < 4.78 is 1.02. The minimum Gasteiger partial charge on any atom is -0.345 e. The zero-order valence-electron chi connectivity index (χ0n) is 12.7. The predicted molar refractivity (Wildman–Crippen MR) is 98.9 cm³/mol. The first kappa shape index (κ1) is 14.9. The van der Waals surface area contributed by atoms with Crippen LogP contribution in [-0.4, -0.2) is 15.9 Å². The van der Waals surface area contributed by atoms with Gasteiger partial charge in [-0.15, -0.1) is 0 Å². The average molecular weight is 380 g/mol. The van der Waals surface area contributed by atoms with Crippen LogP contribution in [0.4, 0.5) is 0 Å². The number of halogens is 1. The Bertz CT molecular complexity index is 1020. The van der Waals surface area contributed by atoms with Crippen molar-refractivity contribution in [3.8, 4) is 0 Å². The Balaban J connectivity index is 1.53. The second-order valence-corrected chi connectivity index (χ2v) is 6.41. The fourth-order valence-corrected chi connectivity index (χ4v) is 3.25. The number of H-pyrrole nitrogens is 1. The number of amides is 1. The van der Waals surface area contributed by atoms with Crippen LogP contribution in [0.15, 0.2) is 65.1 Å². The number of carbonyl (C=O) groups excluding carboxylic acids is 1. The number of nitrogens with one attached hydrogen (secondary N) is 2. The number of imidazole rings is 1. The Morgan fingerprint density at radius 3 is 2.83 bits per heavy atom. The molecule has 4 nitrogen and oxygen atoms in total. The maximum atomic E-state index is 12.4. The maximum Gasteiger partial charge on any atom is 0.251 e. The molecular formula is C19H14BrN3O. The van der Waals surface area contributed by atoms with Crippen molar-refractivity contribution in [2.75, 3.05) is 0 Å². The molecule has 0 aliphatic rings. The molecule has 2 N–H and O–H groups in total. The summed E-state index contributed by atoms with van der Waals surface area (Å²) in [5.74, 6) is 0.630. The highest BCUT2D eigenvalue weighted by Crippen LogP contribution is 2.24. The summed E-state index contributed by atoms with van der Waals surface area (Å²) in [5, 5.41) is 5.03. The highest BCUT2D eigenvalue weighted by Gasteiger charge is 2.09. The molecule has 24 heavy (non-hydrogen) atoms. The highest BCUT2D eigenvalue weighted by molar-refractivity contribution is 9.10. The van der Waals surface area contributed by atoms with Crippen LogP contribution in [0.5, 0.6) is 0 Å². The number of para-hydroxylation sites is 2. The lowest BCUT2D eigenvalue weighted by Crippen LogP contribution is -2.23. The first-order chi connectivity index (χ1) is 11.7. The van der Waals surface area contributed by atoms with Gasteiger partial charge in [0.15, 0.2) is 0 Å². The maximum absolute atomic E-state index is 12.4. The first-order valence-electron chi connectivity index (χ1n) is 7.61. The third-order valence-electron chi connectivity index (χ3n) is 3.94. The Morgan fingerprint density at radius 2 is 1.96 bits per heavy atom. The molecule has 0 fully saturated rings. The van der Waals surface area contributed by atoms with Crippen molar-refractivity contribution in [3.63, 3.8) is 0 Å². The van der Waals surface area contributed by atoms with Crippen molar-refractivity contribution in [1.29, 1.82) is 0 Å². The Morgan fingerprint density at radius 1 is 1.08 bits per heavy atom. The van der Waals surface area contributed by atoms with Crippen LogP contribution in [0.1, 0.15) is 16.2 Å². The molecule has 0 atom stereocenters. The SMILES string of the molecule is O=C(NCc1nc2ccccc2[nH]1)c1ccc2c(Br)cccc2c1. The van der Waals surface area contributed by atoms with Crippen LogP contribution >= 0.6 is 15.9 Å². The lowest BCUT2D eigenvalue weighted by atomic mass is 10.1. The van der Waals surface area contributed by atoms with E-state index >= 15 is 0 Å². The van der Waals surface area contributed by atoms with Gasteiger partial charge >= 0.3 is 0 Å². The van der Waals surface area contributed by atoms with Gasteiger partial charge in [0.25, 0.3) is 5.91 Å². The number of fused-ring (bicyclic) bond motifs is 2. The zero-order chi connectivity index (χ0) is 16.5. The van der Waals surface area contributed by atoms with Crippen LogP contribution in [-0.2, 0) is 6.54 Å². The molecule has 1 heterocycles. The molecule has 0 aliphatic carbocycles. The lowest BCUT2D eigenvalue weighted by Gasteiger charge is -2.06. The van der Waals surface area contributed by atoms with Crippen molar-refractivity contribution < 1.29 is 4.79 Å². The fourth-order valence-electron chi connectivity index (χ4n) is 2.74. The van der Waals surface area contributed by atoms with Gasteiger partial charge in [-0.3, -0.25) is 4.79 Å². The molecular weight excluding hydrogens is 366 g/mol. The number of aromatic nitrogens is 2. The Hall–Kier alpha value is -2.66. The van der Waals surface area contributed by atoms with Crippen molar-refractivity contribution in [2.45, 2.75) is 6.54 Å². The van der Waals surface area contributed by atoms with Crippen LogP contribution in [0.25, 0.3) is 21.8 Å². The van der Waals surface area contributed by atoms with Crippen molar-refractivity contribution in [2.24, 2.45) is 0 Å². The van der Waals surface area contributed by atoms with Gasteiger partial charge in [-0.05, 0) is 41.1 Å². The smallest absolute Gasteiger partial charge is 0.251 e. The van der Waals surface area contributed by atoms with Gasteiger partial charge in [-0.25, -0.2) is 4.98 Å². The van der Waals surface area contributed by atoms with Gasteiger partial charge in [0.2, 0.25) is 0 Å². The van der Waals surface area contributed by atoms with Crippen molar-refractivity contribution in [1.82, 2.24) is 15.3 Å².